The number of nitriles is 1. The third-order valence-electron chi connectivity index (χ3n) is 6.47. The summed E-state index contributed by atoms with van der Waals surface area (Å²) in [4.78, 5) is 31.4. The maximum absolute atomic E-state index is 12.6. The predicted molar refractivity (Wildman–Crippen MR) is 136 cm³/mol. The average Bonchev–Trinajstić information content (AvgIpc) is 3.19. The van der Waals surface area contributed by atoms with Crippen LogP contribution in [0, 0.1) is 11.3 Å². The third-order valence-corrected chi connectivity index (χ3v) is 6.76. The summed E-state index contributed by atoms with van der Waals surface area (Å²) in [6.45, 7) is 3.80. The first-order valence-corrected chi connectivity index (χ1v) is 11.2. The molecular formula is C23H25Cl3N6O2. The van der Waals surface area contributed by atoms with E-state index < -0.39 is 0 Å². The van der Waals surface area contributed by atoms with Gasteiger partial charge in [0.25, 0.3) is 11.1 Å². The quantitative estimate of drug-likeness (QED) is 0.552. The first-order valence-electron chi connectivity index (χ1n) is 10.8. The van der Waals surface area contributed by atoms with Crippen LogP contribution in [-0.4, -0.2) is 44.7 Å². The van der Waals surface area contributed by atoms with E-state index in [4.69, 9.17) is 16.9 Å². The van der Waals surface area contributed by atoms with Gasteiger partial charge in [-0.2, -0.15) is 5.26 Å². The summed E-state index contributed by atoms with van der Waals surface area (Å²) in [6.07, 6.45) is 3.68. The lowest BCUT2D eigenvalue weighted by Crippen LogP contribution is -2.44. The van der Waals surface area contributed by atoms with Crippen LogP contribution in [0.25, 0.3) is 11.0 Å². The zero-order valence-electron chi connectivity index (χ0n) is 18.3. The summed E-state index contributed by atoms with van der Waals surface area (Å²) >= 11 is 6.07. The second-order valence-electron chi connectivity index (χ2n) is 8.50. The molecule has 11 heteroatoms. The van der Waals surface area contributed by atoms with Crippen LogP contribution in [0.4, 0.5) is 0 Å². The molecule has 5 rings (SSSR count). The molecule has 3 aromatic heterocycles. The number of hydrogen-bond acceptors (Lipinski definition) is 6. The van der Waals surface area contributed by atoms with E-state index in [0.29, 0.717) is 24.2 Å². The predicted octanol–water partition coefficient (Wildman–Crippen LogP) is 2.74. The van der Waals surface area contributed by atoms with Crippen molar-refractivity contribution in [2.24, 2.45) is 0 Å². The molecule has 0 aliphatic carbocycles. The van der Waals surface area contributed by atoms with E-state index in [1.165, 1.54) is 0 Å². The smallest absolute Gasteiger partial charge is 0.252 e. The summed E-state index contributed by atoms with van der Waals surface area (Å²) in [6, 6.07) is 10.9. The number of hydrogen-bond donors (Lipinski definition) is 1. The van der Waals surface area contributed by atoms with Gasteiger partial charge in [-0.25, -0.2) is 4.98 Å². The molecule has 0 bridgehead atoms. The number of nitrogens with zero attached hydrogens (tertiary/aromatic N) is 5. The molecule has 1 N–H and O–H groups in total. The van der Waals surface area contributed by atoms with Gasteiger partial charge in [0.05, 0.1) is 11.1 Å². The first-order chi connectivity index (χ1) is 15.5. The maximum Gasteiger partial charge on any atom is 0.252 e. The molecule has 0 radical (unpaired) electrons. The third kappa shape index (κ3) is 4.99. The summed E-state index contributed by atoms with van der Waals surface area (Å²) in [5.41, 5.74) is 1.83. The highest BCUT2D eigenvalue weighted by Crippen LogP contribution is 2.25. The van der Waals surface area contributed by atoms with Crippen LogP contribution >= 0.6 is 36.4 Å². The molecule has 2 aliphatic heterocycles. The zero-order valence-corrected chi connectivity index (χ0v) is 20.7. The largest absolute Gasteiger partial charge is 0.310 e. The molecule has 0 spiro atoms. The fraction of sp³-hybridized carbons (Fsp3) is 0.391. The van der Waals surface area contributed by atoms with Crippen LogP contribution in [0.3, 0.4) is 0 Å². The van der Waals surface area contributed by atoms with Crippen LogP contribution in [0.1, 0.15) is 30.1 Å². The Morgan fingerprint density at radius 3 is 2.50 bits per heavy atom. The summed E-state index contributed by atoms with van der Waals surface area (Å²) in [7, 11) is 0. The molecule has 5 heterocycles. The zero-order chi connectivity index (χ0) is 22.2. The molecule has 2 aliphatic rings. The molecular weight excluding hydrogens is 499 g/mol. The van der Waals surface area contributed by atoms with E-state index in [2.05, 4.69) is 15.2 Å². The molecule has 0 amide bonds. The van der Waals surface area contributed by atoms with E-state index in [0.717, 1.165) is 49.1 Å². The molecule has 0 aromatic carbocycles. The van der Waals surface area contributed by atoms with Gasteiger partial charge in [0.15, 0.2) is 5.69 Å². The average molecular weight is 524 g/mol. The van der Waals surface area contributed by atoms with Crippen molar-refractivity contribution in [3.05, 3.63) is 73.5 Å². The van der Waals surface area contributed by atoms with Crippen molar-refractivity contribution < 1.29 is 0 Å². The van der Waals surface area contributed by atoms with Gasteiger partial charge in [-0.1, -0.05) is 11.6 Å². The van der Waals surface area contributed by atoms with Gasteiger partial charge in [0.1, 0.15) is 11.7 Å². The number of nitrogens with one attached hydrogen (secondary N) is 1. The minimum absolute atomic E-state index is 0. The second-order valence-corrected chi connectivity index (χ2v) is 8.91. The van der Waals surface area contributed by atoms with Gasteiger partial charge in [-0.15, -0.1) is 24.8 Å². The van der Waals surface area contributed by atoms with Crippen LogP contribution in [0.2, 0.25) is 5.02 Å². The van der Waals surface area contributed by atoms with Crippen molar-refractivity contribution >= 4 is 47.4 Å². The van der Waals surface area contributed by atoms with Gasteiger partial charge in [-0.3, -0.25) is 18.7 Å². The Bertz CT molecular complexity index is 1340. The van der Waals surface area contributed by atoms with Crippen molar-refractivity contribution in [1.29, 1.82) is 5.26 Å². The fourth-order valence-electron chi connectivity index (χ4n) is 4.83. The highest BCUT2D eigenvalue weighted by Gasteiger charge is 2.29. The van der Waals surface area contributed by atoms with Gasteiger partial charge in [0.2, 0.25) is 0 Å². The van der Waals surface area contributed by atoms with Crippen LogP contribution < -0.4 is 16.4 Å². The Kier molecular flexibility index (Phi) is 8.39. The Balaban J connectivity index is 0.00000162. The Hall–Kier alpha value is -2.41. The van der Waals surface area contributed by atoms with Crippen molar-refractivity contribution in [3.8, 4) is 6.07 Å². The van der Waals surface area contributed by atoms with Crippen LogP contribution in [0.5, 0.6) is 0 Å². The normalized spacial score (nSPS) is 17.7. The molecule has 180 valence electrons. The van der Waals surface area contributed by atoms with Crippen LogP contribution in [-0.2, 0) is 13.1 Å². The van der Waals surface area contributed by atoms with Crippen molar-refractivity contribution in [1.82, 2.24) is 24.3 Å². The molecule has 1 saturated heterocycles. The SMILES string of the molecule is Cl.Cl.N#Cc1ncc(CNC2CCN(C[C@@H]3Cn4c(=O)ccc5ccc(=O)n3c54)CC2)cc1Cl. The molecule has 0 unspecified atom stereocenters. The van der Waals surface area contributed by atoms with Gasteiger partial charge in [0, 0.05) is 49.4 Å². The van der Waals surface area contributed by atoms with Crippen molar-refractivity contribution in [3.63, 3.8) is 0 Å². The summed E-state index contributed by atoms with van der Waals surface area (Å²) < 4.78 is 3.52. The van der Waals surface area contributed by atoms with Crippen molar-refractivity contribution in [2.75, 3.05) is 19.6 Å². The molecule has 34 heavy (non-hydrogen) atoms. The number of piperidine rings is 1. The molecule has 1 fully saturated rings. The van der Waals surface area contributed by atoms with Crippen molar-refractivity contribution in [2.45, 2.75) is 38.0 Å². The minimum Gasteiger partial charge on any atom is -0.310 e. The van der Waals surface area contributed by atoms with E-state index in [1.54, 1.807) is 45.7 Å². The standard InChI is InChI=1S/C23H23ClN6O2.2ClH/c24-19-9-15(12-27-20(19)10-25)11-26-17-5-7-28(8-6-17)13-18-14-29-21(31)3-1-16-2-4-22(32)30(18)23(16)29;;/h1-4,9,12,17-18,26H,5-8,11,13-14H2;2*1H/t18-;;/m1../s1. The Labute approximate surface area is 214 Å². The summed E-state index contributed by atoms with van der Waals surface area (Å²) in [5.74, 6) is 0. The lowest BCUT2D eigenvalue weighted by molar-refractivity contribution is 0.171. The lowest BCUT2D eigenvalue weighted by atomic mass is 10.0. The van der Waals surface area contributed by atoms with Crippen LogP contribution in [0.15, 0.2) is 46.1 Å². The minimum atomic E-state index is -0.0559. The maximum atomic E-state index is 12.6. The molecule has 8 nitrogen and oxygen atoms in total. The number of likely N-dealkylation sites (tertiary alicyclic amines) is 1. The highest BCUT2D eigenvalue weighted by molar-refractivity contribution is 6.31. The van der Waals surface area contributed by atoms with Gasteiger partial charge >= 0.3 is 0 Å². The fourth-order valence-corrected chi connectivity index (χ4v) is 5.06. The monoisotopic (exact) mass is 522 g/mol. The number of rotatable bonds is 5. The Morgan fingerprint density at radius 1 is 1.12 bits per heavy atom. The van der Waals surface area contributed by atoms with Gasteiger partial charge < -0.3 is 10.2 Å². The molecule has 0 saturated carbocycles. The highest BCUT2D eigenvalue weighted by atomic mass is 35.5. The Morgan fingerprint density at radius 2 is 1.82 bits per heavy atom. The number of pyridine rings is 3. The van der Waals surface area contributed by atoms with E-state index in [9.17, 15) is 9.59 Å². The van der Waals surface area contributed by atoms with Gasteiger partial charge in [-0.05, 0) is 49.7 Å². The van der Waals surface area contributed by atoms with E-state index >= 15 is 0 Å². The lowest BCUT2D eigenvalue weighted by Gasteiger charge is -2.34. The van der Waals surface area contributed by atoms with E-state index in [-0.39, 0.29) is 47.7 Å². The second kappa shape index (κ2) is 10.9. The topological polar surface area (TPSA) is 96.0 Å². The number of halogens is 3. The van der Waals surface area contributed by atoms with E-state index in [1.807, 2.05) is 6.07 Å². The number of aromatic nitrogens is 3. The molecule has 3 aromatic rings. The molecule has 1 atom stereocenters. The summed E-state index contributed by atoms with van der Waals surface area (Å²) in [5, 5.41) is 13.8. The first kappa shape index (κ1) is 26.2.